The van der Waals surface area contributed by atoms with Gasteiger partial charge in [0, 0.05) is 29.1 Å². The minimum atomic E-state index is 0.00188. The van der Waals surface area contributed by atoms with Gasteiger partial charge in [0.2, 0.25) is 5.95 Å². The number of nitrogens with one attached hydrogen (secondary N) is 2. The normalized spacial score (nSPS) is 15.7. The number of aliphatic hydroxyl groups excluding tert-OH is 1. The van der Waals surface area contributed by atoms with E-state index in [9.17, 15) is 5.11 Å². The van der Waals surface area contributed by atoms with Gasteiger partial charge < -0.3 is 16.2 Å². The minimum Gasteiger partial charge on any atom is -0.396 e. The van der Waals surface area contributed by atoms with Gasteiger partial charge in [-0.15, -0.1) is 0 Å². The maximum atomic E-state index is 9.44. The van der Waals surface area contributed by atoms with Crippen LogP contribution >= 0.6 is 0 Å². The number of hydrogen-bond acceptors (Lipinski definition) is 6. The van der Waals surface area contributed by atoms with Crippen LogP contribution in [0.2, 0.25) is 0 Å². The number of nitrogens with two attached hydrogens (primary N) is 1. The van der Waals surface area contributed by atoms with Crippen molar-refractivity contribution in [2.75, 3.05) is 24.2 Å². The Labute approximate surface area is 133 Å². The zero-order valence-electron chi connectivity index (χ0n) is 12.6. The van der Waals surface area contributed by atoms with Crippen molar-refractivity contribution in [3.63, 3.8) is 0 Å². The fraction of sp³-hybridized carbons (Fsp3) is 0.312. The average Bonchev–Trinajstić information content (AvgIpc) is 3.13. The molecule has 0 bridgehead atoms. The predicted molar refractivity (Wildman–Crippen MR) is 88.8 cm³/mol. The maximum Gasteiger partial charge on any atom is 0.222 e. The first-order chi connectivity index (χ1) is 11.2. The lowest BCUT2D eigenvalue weighted by Gasteiger charge is -2.15. The summed E-state index contributed by atoms with van der Waals surface area (Å²) in [5, 5.41) is 20.6. The van der Waals surface area contributed by atoms with Gasteiger partial charge in [-0.3, -0.25) is 5.10 Å². The van der Waals surface area contributed by atoms with Crippen LogP contribution in [0.4, 0.5) is 11.8 Å². The second-order valence-electron chi connectivity index (χ2n) is 6.14. The number of nitrogens with zero attached hydrogens (tertiary/aromatic N) is 3. The Hall–Kier alpha value is -2.67. The highest BCUT2D eigenvalue weighted by molar-refractivity contribution is 5.92. The summed E-state index contributed by atoms with van der Waals surface area (Å²) in [6.07, 6.45) is 3.79. The summed E-state index contributed by atoms with van der Waals surface area (Å²) >= 11 is 0. The van der Waals surface area contributed by atoms with E-state index < -0.39 is 0 Å². The van der Waals surface area contributed by atoms with Crippen molar-refractivity contribution in [1.29, 1.82) is 0 Å². The van der Waals surface area contributed by atoms with Gasteiger partial charge in [0.25, 0.3) is 0 Å². The molecule has 1 saturated carbocycles. The molecule has 1 aromatic carbocycles. The molecular weight excluding hydrogens is 292 g/mol. The Balaban J connectivity index is 1.70. The number of rotatable bonds is 5. The number of fused-ring (bicyclic) bond motifs is 1. The van der Waals surface area contributed by atoms with Crippen molar-refractivity contribution in [2.45, 2.75) is 12.8 Å². The molecule has 7 heteroatoms. The van der Waals surface area contributed by atoms with E-state index in [2.05, 4.69) is 25.5 Å². The average molecular weight is 310 g/mol. The number of H-pyrrole nitrogens is 1. The number of hydrogen-bond donors (Lipinski definition) is 4. The Morgan fingerprint density at radius 2 is 2.13 bits per heavy atom. The molecule has 4 rings (SSSR count). The second kappa shape index (κ2) is 5.20. The number of nitrogen functional groups attached to an aromatic ring is 1. The Bertz CT molecular complexity index is 841. The monoisotopic (exact) mass is 310 g/mol. The van der Waals surface area contributed by atoms with E-state index in [-0.39, 0.29) is 18.0 Å². The lowest BCUT2D eigenvalue weighted by atomic mass is 10.1. The quantitative estimate of drug-likeness (QED) is 0.571. The van der Waals surface area contributed by atoms with E-state index in [0.717, 1.165) is 35.0 Å². The molecule has 3 aromatic rings. The molecule has 1 fully saturated rings. The highest BCUT2D eigenvalue weighted by atomic mass is 16.3. The predicted octanol–water partition coefficient (Wildman–Crippen LogP) is 1.79. The zero-order valence-corrected chi connectivity index (χ0v) is 12.6. The first-order valence-corrected chi connectivity index (χ1v) is 7.61. The second-order valence-corrected chi connectivity index (χ2v) is 6.14. The number of benzene rings is 1. The number of anilines is 2. The van der Waals surface area contributed by atoms with E-state index in [0.29, 0.717) is 12.4 Å². The van der Waals surface area contributed by atoms with Crippen LogP contribution in [0.5, 0.6) is 0 Å². The van der Waals surface area contributed by atoms with Crippen molar-refractivity contribution in [3.05, 3.63) is 30.5 Å². The van der Waals surface area contributed by atoms with Gasteiger partial charge in [-0.25, -0.2) is 4.98 Å². The molecule has 23 heavy (non-hydrogen) atoms. The summed E-state index contributed by atoms with van der Waals surface area (Å²) in [4.78, 5) is 8.64. The van der Waals surface area contributed by atoms with Crippen molar-refractivity contribution in [2.24, 2.45) is 5.41 Å². The van der Waals surface area contributed by atoms with E-state index >= 15 is 0 Å². The molecule has 0 unspecified atom stereocenters. The van der Waals surface area contributed by atoms with Crippen LogP contribution in [0.1, 0.15) is 12.8 Å². The molecule has 2 aromatic heterocycles. The number of aliphatic hydroxyl groups is 1. The zero-order chi connectivity index (χ0) is 15.9. The molecule has 5 N–H and O–H groups in total. The third-order valence-corrected chi connectivity index (χ3v) is 4.45. The molecular formula is C16H18N6O. The summed E-state index contributed by atoms with van der Waals surface area (Å²) in [5.41, 5.74) is 8.55. The van der Waals surface area contributed by atoms with Gasteiger partial charge in [0.1, 0.15) is 5.82 Å². The third kappa shape index (κ3) is 2.59. The largest absolute Gasteiger partial charge is 0.396 e. The van der Waals surface area contributed by atoms with Crippen LogP contribution in [-0.4, -0.2) is 38.4 Å². The molecule has 118 valence electrons. The first kappa shape index (κ1) is 14.0. The number of aromatic nitrogens is 4. The molecule has 0 aliphatic heterocycles. The number of aromatic amines is 1. The van der Waals surface area contributed by atoms with Crippen LogP contribution in [-0.2, 0) is 0 Å². The van der Waals surface area contributed by atoms with Crippen molar-refractivity contribution in [3.8, 4) is 11.3 Å². The summed E-state index contributed by atoms with van der Waals surface area (Å²) < 4.78 is 0. The van der Waals surface area contributed by atoms with Crippen LogP contribution in [0.3, 0.4) is 0 Å². The van der Waals surface area contributed by atoms with E-state index in [1.165, 1.54) is 0 Å². The lowest BCUT2D eigenvalue weighted by Crippen LogP contribution is -2.20. The summed E-state index contributed by atoms with van der Waals surface area (Å²) in [6, 6.07) is 7.85. The van der Waals surface area contributed by atoms with Gasteiger partial charge in [-0.05, 0) is 31.0 Å². The SMILES string of the molecule is Nc1nc(NCC2(CO)CC2)c2ccc(-c3ccn[nH]3)cc2n1. The van der Waals surface area contributed by atoms with Gasteiger partial charge in [-0.1, -0.05) is 6.07 Å². The third-order valence-electron chi connectivity index (χ3n) is 4.45. The molecule has 0 saturated heterocycles. The summed E-state index contributed by atoms with van der Waals surface area (Å²) in [6.45, 7) is 0.889. The molecule has 0 radical (unpaired) electrons. The fourth-order valence-electron chi connectivity index (χ4n) is 2.71. The lowest BCUT2D eigenvalue weighted by molar-refractivity contribution is 0.219. The molecule has 1 aliphatic carbocycles. The van der Waals surface area contributed by atoms with Crippen LogP contribution in [0.15, 0.2) is 30.5 Å². The van der Waals surface area contributed by atoms with E-state index in [1.54, 1.807) is 6.20 Å². The van der Waals surface area contributed by atoms with Gasteiger partial charge >= 0.3 is 0 Å². The molecule has 0 amide bonds. The highest BCUT2D eigenvalue weighted by Crippen LogP contribution is 2.45. The smallest absolute Gasteiger partial charge is 0.222 e. The minimum absolute atomic E-state index is 0.00188. The van der Waals surface area contributed by atoms with Crippen molar-refractivity contribution < 1.29 is 5.11 Å². The summed E-state index contributed by atoms with van der Waals surface area (Å²) in [5.74, 6) is 0.944. The topological polar surface area (TPSA) is 113 Å². The Morgan fingerprint density at radius 3 is 2.83 bits per heavy atom. The summed E-state index contributed by atoms with van der Waals surface area (Å²) in [7, 11) is 0. The van der Waals surface area contributed by atoms with Crippen molar-refractivity contribution in [1.82, 2.24) is 20.2 Å². The van der Waals surface area contributed by atoms with E-state index in [4.69, 9.17) is 5.73 Å². The standard InChI is InChI=1S/C16H18N6O/c17-15-20-13-7-10(12-3-6-19-22-12)1-2-11(13)14(21-15)18-8-16(9-23)4-5-16/h1-3,6-7,23H,4-5,8-9H2,(H,19,22)(H3,17,18,20,21). The van der Waals surface area contributed by atoms with Gasteiger partial charge in [-0.2, -0.15) is 10.1 Å². The first-order valence-electron chi connectivity index (χ1n) is 7.61. The van der Waals surface area contributed by atoms with Crippen molar-refractivity contribution >= 4 is 22.7 Å². The van der Waals surface area contributed by atoms with Crippen LogP contribution in [0, 0.1) is 5.41 Å². The van der Waals surface area contributed by atoms with Gasteiger partial charge in [0.15, 0.2) is 0 Å². The molecule has 2 heterocycles. The molecule has 0 spiro atoms. The molecule has 7 nitrogen and oxygen atoms in total. The Kier molecular flexibility index (Phi) is 3.16. The van der Waals surface area contributed by atoms with Crippen LogP contribution in [0.25, 0.3) is 22.2 Å². The molecule has 1 aliphatic rings. The van der Waals surface area contributed by atoms with Crippen LogP contribution < -0.4 is 11.1 Å². The fourth-order valence-corrected chi connectivity index (χ4v) is 2.71. The van der Waals surface area contributed by atoms with Gasteiger partial charge in [0.05, 0.1) is 17.8 Å². The van der Waals surface area contributed by atoms with E-state index in [1.807, 2.05) is 24.3 Å². The highest BCUT2D eigenvalue weighted by Gasteiger charge is 2.41. The molecule has 0 atom stereocenters. The maximum absolute atomic E-state index is 9.44. The Morgan fingerprint density at radius 1 is 1.26 bits per heavy atom.